The summed E-state index contributed by atoms with van der Waals surface area (Å²) in [5, 5.41) is 2.57. The molecular formula is C9H12N2O4. The van der Waals surface area contributed by atoms with Crippen molar-refractivity contribution in [1.29, 1.82) is 0 Å². The molecule has 0 aliphatic heterocycles. The monoisotopic (exact) mass is 212 g/mol. The first kappa shape index (κ1) is 11.1. The average molecular weight is 212 g/mol. The highest BCUT2D eigenvalue weighted by molar-refractivity contribution is 5.64. The van der Waals surface area contributed by atoms with Crippen LogP contribution in [-0.2, 0) is 0 Å². The van der Waals surface area contributed by atoms with E-state index in [2.05, 4.69) is 10.7 Å². The Bertz CT molecular complexity index is 354. The quantitative estimate of drug-likeness (QED) is 0.595. The molecule has 0 amide bonds. The molecule has 0 saturated carbocycles. The van der Waals surface area contributed by atoms with Gasteiger partial charge in [-0.3, -0.25) is 0 Å². The van der Waals surface area contributed by atoms with E-state index in [1.807, 2.05) is 0 Å². The maximum absolute atomic E-state index is 10.1. The molecule has 6 nitrogen and oxygen atoms in total. The molecule has 0 aliphatic rings. The minimum absolute atomic E-state index is 0.421. The number of nitrogens with zero attached hydrogens (tertiary/aromatic N) is 1. The third-order valence-corrected chi connectivity index (χ3v) is 1.87. The predicted molar refractivity (Wildman–Crippen MR) is 55.5 cm³/mol. The fourth-order valence-corrected chi connectivity index (χ4v) is 1.17. The van der Waals surface area contributed by atoms with Gasteiger partial charge >= 0.3 is 0 Å². The SMILES string of the molecule is COc1cc(OC)c(OC)cc1NN=O. The fraction of sp³-hybridized carbons (Fsp3) is 0.333. The summed E-state index contributed by atoms with van der Waals surface area (Å²) >= 11 is 0. The Hall–Kier alpha value is -1.98. The summed E-state index contributed by atoms with van der Waals surface area (Å²) in [5.41, 5.74) is 2.68. The van der Waals surface area contributed by atoms with Crippen molar-refractivity contribution in [2.45, 2.75) is 0 Å². The van der Waals surface area contributed by atoms with Gasteiger partial charge in [-0.05, 0) is 0 Å². The van der Waals surface area contributed by atoms with Crippen LogP contribution in [0.25, 0.3) is 0 Å². The Morgan fingerprint density at radius 3 is 2.00 bits per heavy atom. The summed E-state index contributed by atoms with van der Waals surface area (Å²) in [4.78, 5) is 10.1. The smallest absolute Gasteiger partial charge is 0.164 e. The van der Waals surface area contributed by atoms with Crippen molar-refractivity contribution in [3.8, 4) is 17.2 Å². The van der Waals surface area contributed by atoms with E-state index in [-0.39, 0.29) is 0 Å². The van der Waals surface area contributed by atoms with Crippen molar-refractivity contribution < 1.29 is 14.2 Å². The Morgan fingerprint density at radius 1 is 1.00 bits per heavy atom. The van der Waals surface area contributed by atoms with Crippen LogP contribution < -0.4 is 19.6 Å². The lowest BCUT2D eigenvalue weighted by atomic mass is 10.2. The lowest BCUT2D eigenvalue weighted by Gasteiger charge is -2.12. The highest BCUT2D eigenvalue weighted by Gasteiger charge is 2.11. The van der Waals surface area contributed by atoms with Crippen LogP contribution in [0, 0.1) is 4.91 Å². The standard InChI is InChI=1S/C9H12N2O4/c1-13-7-5-9(15-3)8(14-2)4-6(7)10-11-12/h4-5H,1-3H3,(H,10,12). The molecule has 0 fully saturated rings. The van der Waals surface area contributed by atoms with Crippen LogP contribution in [-0.4, -0.2) is 21.3 Å². The van der Waals surface area contributed by atoms with Crippen LogP contribution in [0.4, 0.5) is 5.69 Å². The fourth-order valence-electron chi connectivity index (χ4n) is 1.17. The predicted octanol–water partition coefficient (Wildman–Crippen LogP) is 1.81. The van der Waals surface area contributed by atoms with E-state index in [0.717, 1.165) is 0 Å². The molecule has 82 valence electrons. The molecule has 0 radical (unpaired) electrons. The number of anilines is 1. The van der Waals surface area contributed by atoms with Crippen LogP contribution >= 0.6 is 0 Å². The molecule has 1 aromatic rings. The van der Waals surface area contributed by atoms with Crippen molar-refractivity contribution in [3.05, 3.63) is 17.0 Å². The van der Waals surface area contributed by atoms with Crippen LogP contribution in [0.1, 0.15) is 0 Å². The number of rotatable bonds is 5. The molecule has 15 heavy (non-hydrogen) atoms. The lowest BCUT2D eigenvalue weighted by Crippen LogP contribution is -1.96. The third kappa shape index (κ3) is 2.28. The van der Waals surface area contributed by atoms with Crippen LogP contribution in [0.5, 0.6) is 17.2 Å². The van der Waals surface area contributed by atoms with Gasteiger partial charge in [0.25, 0.3) is 0 Å². The molecule has 0 unspecified atom stereocenters. The normalized spacial score (nSPS) is 9.27. The largest absolute Gasteiger partial charge is 0.494 e. The van der Waals surface area contributed by atoms with Crippen molar-refractivity contribution in [3.63, 3.8) is 0 Å². The van der Waals surface area contributed by atoms with Gasteiger partial charge in [0.05, 0.1) is 26.6 Å². The first-order valence-electron chi connectivity index (χ1n) is 4.15. The highest BCUT2D eigenvalue weighted by Crippen LogP contribution is 2.37. The summed E-state index contributed by atoms with van der Waals surface area (Å²) in [5.74, 6) is 1.46. The second-order valence-electron chi connectivity index (χ2n) is 2.61. The van der Waals surface area contributed by atoms with E-state index >= 15 is 0 Å². The second kappa shape index (κ2) is 5.04. The van der Waals surface area contributed by atoms with Gasteiger partial charge in [-0.25, -0.2) is 5.43 Å². The number of nitrogens with one attached hydrogen (secondary N) is 1. The van der Waals surface area contributed by atoms with Gasteiger partial charge in [0.2, 0.25) is 0 Å². The molecule has 0 heterocycles. The number of hydrogen-bond donors (Lipinski definition) is 1. The average Bonchev–Trinajstić information content (AvgIpc) is 2.28. The van der Waals surface area contributed by atoms with E-state index in [4.69, 9.17) is 14.2 Å². The zero-order chi connectivity index (χ0) is 11.3. The van der Waals surface area contributed by atoms with Gasteiger partial charge in [0, 0.05) is 12.1 Å². The summed E-state index contributed by atoms with van der Waals surface area (Å²) in [6.45, 7) is 0. The van der Waals surface area contributed by atoms with Crippen molar-refractivity contribution in [2.75, 3.05) is 26.8 Å². The summed E-state index contributed by atoms with van der Waals surface area (Å²) < 4.78 is 15.2. The number of nitroso groups, excluding NO2 is 1. The summed E-state index contributed by atoms with van der Waals surface area (Å²) in [6.07, 6.45) is 0. The van der Waals surface area contributed by atoms with Gasteiger partial charge in [0.1, 0.15) is 11.4 Å². The molecule has 0 atom stereocenters. The highest BCUT2D eigenvalue weighted by atomic mass is 16.5. The maximum Gasteiger partial charge on any atom is 0.164 e. The number of methoxy groups -OCH3 is 3. The molecule has 1 aromatic carbocycles. The molecule has 0 aromatic heterocycles. The first-order chi connectivity index (χ1) is 7.26. The zero-order valence-corrected chi connectivity index (χ0v) is 8.73. The van der Waals surface area contributed by atoms with Gasteiger partial charge < -0.3 is 14.2 Å². The number of hydrogen-bond acceptors (Lipinski definition) is 5. The van der Waals surface area contributed by atoms with Crippen LogP contribution in [0.2, 0.25) is 0 Å². The maximum atomic E-state index is 10.1. The Morgan fingerprint density at radius 2 is 1.53 bits per heavy atom. The van der Waals surface area contributed by atoms with E-state index in [9.17, 15) is 4.91 Å². The third-order valence-electron chi connectivity index (χ3n) is 1.87. The molecule has 1 N–H and O–H groups in total. The molecule has 1 rings (SSSR count). The van der Waals surface area contributed by atoms with Crippen LogP contribution in [0.3, 0.4) is 0 Å². The van der Waals surface area contributed by atoms with Gasteiger partial charge in [0.15, 0.2) is 11.5 Å². The summed E-state index contributed by atoms with van der Waals surface area (Å²) in [6, 6.07) is 3.17. The molecule has 6 heteroatoms. The molecule has 0 spiro atoms. The number of ether oxygens (including phenoxy) is 3. The first-order valence-corrected chi connectivity index (χ1v) is 4.15. The lowest BCUT2D eigenvalue weighted by molar-refractivity contribution is 0.349. The van der Waals surface area contributed by atoms with Gasteiger partial charge in [-0.2, -0.15) is 0 Å². The van der Waals surface area contributed by atoms with E-state index in [1.165, 1.54) is 21.3 Å². The minimum Gasteiger partial charge on any atom is -0.494 e. The zero-order valence-electron chi connectivity index (χ0n) is 8.73. The van der Waals surface area contributed by atoms with Crippen molar-refractivity contribution in [1.82, 2.24) is 0 Å². The van der Waals surface area contributed by atoms with Crippen molar-refractivity contribution >= 4 is 5.69 Å². The molecular weight excluding hydrogens is 200 g/mol. The van der Waals surface area contributed by atoms with E-state index < -0.39 is 0 Å². The topological polar surface area (TPSA) is 69.2 Å². The van der Waals surface area contributed by atoms with Gasteiger partial charge in [-0.15, -0.1) is 4.91 Å². The molecule has 0 bridgehead atoms. The Kier molecular flexibility index (Phi) is 3.73. The van der Waals surface area contributed by atoms with E-state index in [0.29, 0.717) is 22.9 Å². The second-order valence-corrected chi connectivity index (χ2v) is 2.61. The Balaban J connectivity index is 3.20. The summed E-state index contributed by atoms with van der Waals surface area (Å²) in [7, 11) is 4.50. The number of benzene rings is 1. The molecule has 0 saturated heterocycles. The minimum atomic E-state index is 0.421. The molecule has 0 aliphatic carbocycles. The van der Waals surface area contributed by atoms with E-state index in [1.54, 1.807) is 12.1 Å². The Labute approximate surface area is 87.1 Å². The van der Waals surface area contributed by atoms with Crippen molar-refractivity contribution in [2.24, 2.45) is 5.29 Å². The van der Waals surface area contributed by atoms with Crippen LogP contribution in [0.15, 0.2) is 17.4 Å². The van der Waals surface area contributed by atoms with Gasteiger partial charge in [-0.1, -0.05) is 0 Å².